The summed E-state index contributed by atoms with van der Waals surface area (Å²) in [5.74, 6) is -1.01. The van der Waals surface area contributed by atoms with E-state index in [1.807, 2.05) is 30.3 Å². The highest BCUT2D eigenvalue weighted by Crippen LogP contribution is 2.36. The standard InChI is InChI=1S/C15H10ClNO2/c16-12-8-4-7-11-13(12)17(15(19)14(11)18)9-10-5-2-1-3-6-10/h1-8H,9H2. The van der Waals surface area contributed by atoms with Gasteiger partial charge in [-0.2, -0.15) is 0 Å². The van der Waals surface area contributed by atoms with Crippen molar-refractivity contribution in [1.82, 2.24) is 0 Å². The van der Waals surface area contributed by atoms with Crippen LogP contribution in [0, 0.1) is 0 Å². The van der Waals surface area contributed by atoms with E-state index >= 15 is 0 Å². The predicted molar refractivity (Wildman–Crippen MR) is 73.4 cm³/mol. The number of Topliss-reactive ketones (excluding diaryl/α,β-unsaturated/α-hetero) is 1. The van der Waals surface area contributed by atoms with Gasteiger partial charge in [0.15, 0.2) is 0 Å². The molecule has 0 aliphatic carbocycles. The molecule has 1 amide bonds. The van der Waals surface area contributed by atoms with Crippen molar-refractivity contribution in [3.05, 3.63) is 64.7 Å². The monoisotopic (exact) mass is 271 g/mol. The maximum atomic E-state index is 12.0. The van der Waals surface area contributed by atoms with E-state index in [0.717, 1.165) is 5.56 Å². The summed E-state index contributed by atoms with van der Waals surface area (Å²) < 4.78 is 0. The Morgan fingerprint density at radius 1 is 0.947 bits per heavy atom. The molecule has 0 radical (unpaired) electrons. The molecule has 4 heteroatoms. The number of hydrogen-bond acceptors (Lipinski definition) is 2. The van der Waals surface area contributed by atoms with Crippen LogP contribution in [0.1, 0.15) is 15.9 Å². The molecule has 2 aromatic carbocycles. The summed E-state index contributed by atoms with van der Waals surface area (Å²) in [6.07, 6.45) is 0. The van der Waals surface area contributed by atoms with Gasteiger partial charge in [-0.1, -0.05) is 48.0 Å². The fourth-order valence-electron chi connectivity index (χ4n) is 2.23. The number of benzene rings is 2. The van der Waals surface area contributed by atoms with Crippen LogP contribution in [-0.2, 0) is 11.3 Å². The van der Waals surface area contributed by atoms with Gasteiger partial charge >= 0.3 is 0 Å². The molecule has 1 aliphatic rings. The summed E-state index contributed by atoms with van der Waals surface area (Å²) in [5, 5.41) is 0.424. The highest BCUT2D eigenvalue weighted by molar-refractivity contribution is 6.54. The maximum absolute atomic E-state index is 12.0. The zero-order valence-electron chi connectivity index (χ0n) is 9.97. The van der Waals surface area contributed by atoms with Gasteiger partial charge in [0.25, 0.3) is 11.7 Å². The van der Waals surface area contributed by atoms with Crippen molar-refractivity contribution >= 4 is 29.0 Å². The minimum Gasteiger partial charge on any atom is -0.299 e. The van der Waals surface area contributed by atoms with Gasteiger partial charge in [0, 0.05) is 0 Å². The Bertz CT molecular complexity index is 667. The molecule has 1 aliphatic heterocycles. The second-order valence-electron chi connectivity index (χ2n) is 4.34. The number of amides is 1. The minimum atomic E-state index is -0.521. The first-order chi connectivity index (χ1) is 9.18. The lowest BCUT2D eigenvalue weighted by Gasteiger charge is -2.17. The van der Waals surface area contributed by atoms with E-state index in [4.69, 9.17) is 11.6 Å². The molecule has 0 bridgehead atoms. The molecule has 94 valence electrons. The Morgan fingerprint density at radius 2 is 1.68 bits per heavy atom. The van der Waals surface area contributed by atoms with Crippen LogP contribution in [0.4, 0.5) is 5.69 Å². The second-order valence-corrected chi connectivity index (χ2v) is 4.75. The van der Waals surface area contributed by atoms with E-state index in [9.17, 15) is 9.59 Å². The number of carbonyl (C=O) groups excluding carboxylic acids is 2. The summed E-state index contributed by atoms with van der Waals surface area (Å²) in [4.78, 5) is 25.4. The highest BCUT2D eigenvalue weighted by atomic mass is 35.5. The van der Waals surface area contributed by atoms with Crippen molar-refractivity contribution in [1.29, 1.82) is 0 Å². The molecular formula is C15H10ClNO2. The Hall–Kier alpha value is -2.13. The number of para-hydroxylation sites is 1. The van der Waals surface area contributed by atoms with E-state index in [2.05, 4.69) is 0 Å². The van der Waals surface area contributed by atoms with E-state index < -0.39 is 11.7 Å². The number of carbonyl (C=O) groups is 2. The smallest absolute Gasteiger partial charge is 0.299 e. The minimum absolute atomic E-state index is 0.349. The fraction of sp³-hybridized carbons (Fsp3) is 0.0667. The molecule has 0 spiro atoms. The summed E-state index contributed by atoms with van der Waals surface area (Å²) in [6, 6.07) is 14.5. The lowest BCUT2D eigenvalue weighted by Crippen LogP contribution is -2.29. The van der Waals surface area contributed by atoms with Gasteiger partial charge < -0.3 is 0 Å². The largest absolute Gasteiger partial charge is 0.299 e. The van der Waals surface area contributed by atoms with E-state index in [0.29, 0.717) is 22.8 Å². The van der Waals surface area contributed by atoms with Gasteiger partial charge in [-0.05, 0) is 17.7 Å². The average Bonchev–Trinajstić information content (AvgIpc) is 2.67. The third-order valence-electron chi connectivity index (χ3n) is 3.12. The normalized spacial score (nSPS) is 13.8. The quantitative estimate of drug-likeness (QED) is 0.787. The summed E-state index contributed by atoms with van der Waals surface area (Å²) in [5.41, 5.74) is 1.85. The van der Waals surface area contributed by atoms with Crippen LogP contribution >= 0.6 is 11.6 Å². The summed E-state index contributed by atoms with van der Waals surface area (Å²) >= 11 is 6.12. The molecule has 3 rings (SSSR count). The lowest BCUT2D eigenvalue weighted by atomic mass is 10.1. The van der Waals surface area contributed by atoms with Crippen molar-refractivity contribution in [2.24, 2.45) is 0 Å². The van der Waals surface area contributed by atoms with E-state index in [1.54, 1.807) is 18.2 Å². The number of anilines is 1. The number of hydrogen-bond donors (Lipinski definition) is 0. The van der Waals surface area contributed by atoms with Crippen LogP contribution in [0.5, 0.6) is 0 Å². The van der Waals surface area contributed by atoms with Gasteiger partial charge in [0.1, 0.15) is 0 Å². The summed E-state index contributed by atoms with van der Waals surface area (Å²) in [6.45, 7) is 0.349. The van der Waals surface area contributed by atoms with Gasteiger partial charge in [-0.15, -0.1) is 0 Å². The number of rotatable bonds is 2. The van der Waals surface area contributed by atoms with Crippen molar-refractivity contribution in [3.8, 4) is 0 Å². The Balaban J connectivity index is 2.04. The number of halogens is 1. The zero-order valence-corrected chi connectivity index (χ0v) is 10.7. The topological polar surface area (TPSA) is 37.4 Å². The highest BCUT2D eigenvalue weighted by Gasteiger charge is 2.37. The van der Waals surface area contributed by atoms with Gasteiger partial charge in [0.05, 0.1) is 22.8 Å². The molecule has 2 aromatic rings. The van der Waals surface area contributed by atoms with Gasteiger partial charge in [0.2, 0.25) is 0 Å². The summed E-state index contributed by atoms with van der Waals surface area (Å²) in [7, 11) is 0. The van der Waals surface area contributed by atoms with Crippen LogP contribution < -0.4 is 4.90 Å². The van der Waals surface area contributed by atoms with E-state index in [-0.39, 0.29) is 0 Å². The molecule has 3 nitrogen and oxygen atoms in total. The van der Waals surface area contributed by atoms with Crippen LogP contribution in [0.25, 0.3) is 0 Å². The number of nitrogens with zero attached hydrogens (tertiary/aromatic N) is 1. The SMILES string of the molecule is O=C1C(=O)N(Cc2ccccc2)c2c(Cl)cccc21. The molecule has 0 aromatic heterocycles. The number of fused-ring (bicyclic) bond motifs is 1. The van der Waals surface area contributed by atoms with Crippen LogP contribution in [0.2, 0.25) is 5.02 Å². The molecule has 0 atom stereocenters. The van der Waals surface area contributed by atoms with Crippen LogP contribution in [-0.4, -0.2) is 11.7 Å². The molecule has 19 heavy (non-hydrogen) atoms. The van der Waals surface area contributed by atoms with Gasteiger partial charge in [-0.3, -0.25) is 14.5 Å². The Kier molecular flexibility index (Phi) is 2.84. The van der Waals surface area contributed by atoms with Crippen LogP contribution in [0.3, 0.4) is 0 Å². The molecular weight excluding hydrogens is 262 g/mol. The molecule has 1 heterocycles. The van der Waals surface area contributed by atoms with E-state index in [1.165, 1.54) is 4.90 Å². The Labute approximate surface area is 115 Å². The zero-order chi connectivity index (χ0) is 13.4. The van der Waals surface area contributed by atoms with Crippen LogP contribution in [0.15, 0.2) is 48.5 Å². The molecule has 0 saturated heterocycles. The first-order valence-corrected chi connectivity index (χ1v) is 6.25. The maximum Gasteiger partial charge on any atom is 0.299 e. The molecule has 0 fully saturated rings. The molecule has 0 saturated carbocycles. The molecule has 0 unspecified atom stereocenters. The predicted octanol–water partition coefficient (Wildman–Crippen LogP) is 3.07. The third-order valence-corrected chi connectivity index (χ3v) is 3.43. The van der Waals surface area contributed by atoms with Crippen molar-refractivity contribution in [2.75, 3.05) is 4.90 Å². The van der Waals surface area contributed by atoms with Crippen molar-refractivity contribution in [3.63, 3.8) is 0 Å². The second kappa shape index (κ2) is 4.52. The fourth-order valence-corrected chi connectivity index (χ4v) is 2.51. The number of ketones is 1. The van der Waals surface area contributed by atoms with Crippen molar-refractivity contribution < 1.29 is 9.59 Å². The molecule has 0 N–H and O–H groups in total. The third kappa shape index (κ3) is 1.92. The lowest BCUT2D eigenvalue weighted by molar-refractivity contribution is -0.114. The average molecular weight is 272 g/mol. The van der Waals surface area contributed by atoms with Crippen molar-refractivity contribution in [2.45, 2.75) is 6.54 Å². The first kappa shape index (κ1) is 11.9. The Morgan fingerprint density at radius 3 is 2.42 bits per heavy atom. The van der Waals surface area contributed by atoms with Gasteiger partial charge in [-0.25, -0.2) is 0 Å². The first-order valence-electron chi connectivity index (χ1n) is 5.87.